The number of nitrogens with two attached hydrogens (primary N) is 1. The monoisotopic (exact) mass is 285 g/mol. The summed E-state index contributed by atoms with van der Waals surface area (Å²) in [7, 11) is 0. The lowest BCUT2D eigenvalue weighted by Gasteiger charge is -2.15. The van der Waals surface area contributed by atoms with Crippen LogP contribution in [0.3, 0.4) is 0 Å². The van der Waals surface area contributed by atoms with Gasteiger partial charge in [0.25, 0.3) is 0 Å². The van der Waals surface area contributed by atoms with Crippen molar-refractivity contribution in [3.05, 3.63) is 52.3 Å². The first-order valence-electron chi connectivity index (χ1n) is 6.88. The Labute approximate surface area is 124 Å². The molecule has 1 aromatic heterocycles. The number of aromatic nitrogens is 2. The molecule has 0 saturated carbocycles. The molecule has 0 amide bonds. The number of fused-ring (bicyclic) bond motifs is 1. The largest absolute Gasteiger partial charge is 0.323 e. The highest BCUT2D eigenvalue weighted by atomic mass is 32.2. The molecule has 1 heterocycles. The molecular formula is C16H19N3S. The van der Waals surface area contributed by atoms with Crippen molar-refractivity contribution in [1.29, 1.82) is 0 Å². The minimum atomic E-state index is 0.0710. The summed E-state index contributed by atoms with van der Waals surface area (Å²) in [6.45, 7) is 6.14. The zero-order chi connectivity index (χ0) is 14.3. The second-order valence-corrected chi connectivity index (χ2v) is 6.59. The van der Waals surface area contributed by atoms with Gasteiger partial charge in [-0.1, -0.05) is 36.0 Å². The molecule has 3 nitrogen and oxygen atoms in total. The standard InChI is InChI=1S/C16H19N3S/c1-9-10(2)18-16(19-11(9)3)20-14-8-12-6-4-5-7-13(12)15(14)17/h4-7,14-15H,8,17H2,1-3H3. The molecule has 0 fully saturated rings. The van der Waals surface area contributed by atoms with E-state index in [-0.39, 0.29) is 6.04 Å². The van der Waals surface area contributed by atoms with Crippen LogP contribution in [0.15, 0.2) is 29.4 Å². The molecule has 1 aromatic carbocycles. The normalized spacial score (nSPS) is 21.0. The van der Waals surface area contributed by atoms with E-state index in [2.05, 4.69) is 41.2 Å². The molecule has 2 unspecified atom stereocenters. The summed E-state index contributed by atoms with van der Waals surface area (Å²) < 4.78 is 0. The maximum Gasteiger partial charge on any atom is 0.188 e. The predicted octanol–water partition coefficient (Wildman–Crippen LogP) is 3.12. The highest BCUT2D eigenvalue weighted by Crippen LogP contribution is 2.39. The third-order valence-corrected chi connectivity index (χ3v) is 5.26. The van der Waals surface area contributed by atoms with Gasteiger partial charge in [-0.15, -0.1) is 0 Å². The van der Waals surface area contributed by atoms with Crippen LogP contribution in [0.5, 0.6) is 0 Å². The van der Waals surface area contributed by atoms with Gasteiger partial charge < -0.3 is 5.73 Å². The van der Waals surface area contributed by atoms with E-state index in [1.807, 2.05) is 13.8 Å². The molecule has 4 heteroatoms. The smallest absolute Gasteiger partial charge is 0.188 e. The van der Waals surface area contributed by atoms with Gasteiger partial charge in [-0.05, 0) is 43.9 Å². The Morgan fingerprint density at radius 1 is 1.10 bits per heavy atom. The van der Waals surface area contributed by atoms with Gasteiger partial charge in [-0.2, -0.15) is 0 Å². The second kappa shape index (κ2) is 5.19. The van der Waals surface area contributed by atoms with Gasteiger partial charge in [0, 0.05) is 22.7 Å². The molecule has 0 radical (unpaired) electrons. The molecular weight excluding hydrogens is 266 g/mol. The van der Waals surface area contributed by atoms with Crippen LogP contribution in [-0.2, 0) is 6.42 Å². The van der Waals surface area contributed by atoms with Crippen LogP contribution in [0.25, 0.3) is 0 Å². The Hall–Kier alpha value is -1.39. The van der Waals surface area contributed by atoms with E-state index in [1.165, 1.54) is 16.7 Å². The fourth-order valence-corrected chi connectivity index (χ4v) is 3.84. The summed E-state index contributed by atoms with van der Waals surface area (Å²) >= 11 is 1.71. The number of nitrogens with zero attached hydrogens (tertiary/aromatic N) is 2. The summed E-state index contributed by atoms with van der Waals surface area (Å²) in [4.78, 5) is 9.18. The molecule has 104 valence electrons. The molecule has 0 spiro atoms. The van der Waals surface area contributed by atoms with Gasteiger partial charge >= 0.3 is 0 Å². The fourth-order valence-electron chi connectivity index (χ4n) is 2.63. The summed E-state index contributed by atoms with van der Waals surface area (Å²) in [6.07, 6.45) is 0.997. The van der Waals surface area contributed by atoms with E-state index in [9.17, 15) is 0 Å². The minimum absolute atomic E-state index is 0.0710. The first-order chi connectivity index (χ1) is 9.56. The molecule has 0 saturated heterocycles. The second-order valence-electron chi connectivity index (χ2n) is 5.39. The maximum absolute atomic E-state index is 6.37. The first-order valence-corrected chi connectivity index (χ1v) is 7.76. The van der Waals surface area contributed by atoms with E-state index in [1.54, 1.807) is 11.8 Å². The van der Waals surface area contributed by atoms with Gasteiger partial charge in [0.05, 0.1) is 0 Å². The summed E-state index contributed by atoms with van der Waals surface area (Å²) in [5.74, 6) is 0. The number of hydrogen-bond acceptors (Lipinski definition) is 4. The van der Waals surface area contributed by atoms with Crippen molar-refractivity contribution in [2.24, 2.45) is 5.73 Å². The number of thioether (sulfide) groups is 1. The van der Waals surface area contributed by atoms with Crippen molar-refractivity contribution in [2.45, 2.75) is 43.6 Å². The van der Waals surface area contributed by atoms with Crippen LogP contribution >= 0.6 is 11.8 Å². The zero-order valence-corrected chi connectivity index (χ0v) is 12.9. The quantitative estimate of drug-likeness (QED) is 0.861. The summed E-state index contributed by atoms with van der Waals surface area (Å²) in [5.41, 5.74) is 12.3. The Balaban J connectivity index is 1.84. The molecule has 1 aliphatic carbocycles. The molecule has 20 heavy (non-hydrogen) atoms. The highest BCUT2D eigenvalue weighted by Gasteiger charge is 2.30. The zero-order valence-electron chi connectivity index (χ0n) is 12.1. The van der Waals surface area contributed by atoms with E-state index in [0.717, 1.165) is 23.0 Å². The van der Waals surface area contributed by atoms with E-state index >= 15 is 0 Å². The molecule has 3 rings (SSSR count). The number of benzene rings is 1. The van der Waals surface area contributed by atoms with Gasteiger partial charge in [0.1, 0.15) is 0 Å². The SMILES string of the molecule is Cc1nc(SC2Cc3ccccc3C2N)nc(C)c1C. The van der Waals surface area contributed by atoms with Crippen molar-refractivity contribution in [2.75, 3.05) is 0 Å². The van der Waals surface area contributed by atoms with Gasteiger partial charge in [0.15, 0.2) is 5.16 Å². The first kappa shape index (κ1) is 13.6. The van der Waals surface area contributed by atoms with Crippen LogP contribution in [0, 0.1) is 20.8 Å². The number of rotatable bonds is 2. The van der Waals surface area contributed by atoms with E-state index in [4.69, 9.17) is 5.73 Å². The van der Waals surface area contributed by atoms with Crippen molar-refractivity contribution >= 4 is 11.8 Å². The Morgan fingerprint density at radius 2 is 1.75 bits per heavy atom. The lowest BCUT2D eigenvalue weighted by Crippen LogP contribution is -2.19. The van der Waals surface area contributed by atoms with Crippen molar-refractivity contribution in [3.8, 4) is 0 Å². The Morgan fingerprint density at radius 3 is 2.40 bits per heavy atom. The third-order valence-electron chi connectivity index (χ3n) is 4.10. The summed E-state index contributed by atoms with van der Waals surface area (Å²) in [5, 5.41) is 1.17. The predicted molar refractivity (Wildman–Crippen MR) is 83.0 cm³/mol. The summed E-state index contributed by atoms with van der Waals surface area (Å²) in [6, 6.07) is 8.51. The van der Waals surface area contributed by atoms with Crippen molar-refractivity contribution < 1.29 is 0 Å². The molecule has 2 N–H and O–H groups in total. The number of aryl methyl sites for hydroxylation is 2. The molecule has 1 aliphatic rings. The van der Waals surface area contributed by atoms with Crippen molar-refractivity contribution in [3.63, 3.8) is 0 Å². The van der Waals surface area contributed by atoms with Gasteiger partial charge in [0.2, 0.25) is 0 Å². The lowest BCUT2D eigenvalue weighted by atomic mass is 10.1. The van der Waals surface area contributed by atoms with E-state index < -0.39 is 0 Å². The average Bonchev–Trinajstić information content (AvgIpc) is 2.73. The van der Waals surface area contributed by atoms with Crippen molar-refractivity contribution in [1.82, 2.24) is 9.97 Å². The molecule has 2 atom stereocenters. The average molecular weight is 285 g/mol. The highest BCUT2D eigenvalue weighted by molar-refractivity contribution is 7.99. The molecule has 2 aromatic rings. The van der Waals surface area contributed by atoms with Crippen LogP contribution in [0.2, 0.25) is 0 Å². The Kier molecular flexibility index (Phi) is 3.52. The third kappa shape index (κ3) is 2.34. The maximum atomic E-state index is 6.37. The lowest BCUT2D eigenvalue weighted by molar-refractivity contribution is 0.725. The molecule has 0 aliphatic heterocycles. The molecule has 0 bridgehead atoms. The Bertz CT molecular complexity index is 631. The van der Waals surface area contributed by atoms with Gasteiger partial charge in [-0.3, -0.25) is 0 Å². The number of hydrogen-bond donors (Lipinski definition) is 1. The van der Waals surface area contributed by atoms with Crippen LogP contribution < -0.4 is 5.73 Å². The van der Waals surface area contributed by atoms with Crippen LogP contribution in [0.1, 0.15) is 34.1 Å². The minimum Gasteiger partial charge on any atom is -0.323 e. The topological polar surface area (TPSA) is 51.8 Å². The van der Waals surface area contributed by atoms with Gasteiger partial charge in [-0.25, -0.2) is 9.97 Å². The van der Waals surface area contributed by atoms with E-state index in [0.29, 0.717) is 5.25 Å². The fraction of sp³-hybridized carbons (Fsp3) is 0.375. The van der Waals surface area contributed by atoms with Crippen LogP contribution in [0.4, 0.5) is 0 Å². The van der Waals surface area contributed by atoms with Crippen LogP contribution in [-0.4, -0.2) is 15.2 Å².